The molecule has 1 unspecified atom stereocenters. The molecule has 0 aliphatic heterocycles. The Labute approximate surface area is 113 Å². The molecule has 2 aromatic carbocycles. The van der Waals surface area contributed by atoms with Gasteiger partial charge in [-0.05, 0) is 30.7 Å². The van der Waals surface area contributed by atoms with E-state index in [1.54, 1.807) is 13.2 Å². The second-order valence-corrected chi connectivity index (χ2v) is 4.56. The fraction of sp³-hybridized carbons (Fsp3) is 0.250. The van der Waals surface area contributed by atoms with Crippen LogP contribution in [0.5, 0.6) is 5.75 Å². The molecule has 2 N–H and O–H groups in total. The Kier molecular flexibility index (Phi) is 4.42. The van der Waals surface area contributed by atoms with E-state index in [2.05, 4.69) is 11.4 Å². The Balaban J connectivity index is 2.12. The monoisotopic (exact) mass is 257 g/mol. The van der Waals surface area contributed by atoms with Crippen LogP contribution in [-0.2, 0) is 11.3 Å². The molecular formula is C16H19NO2. The normalized spacial score (nSPS) is 12.1. The third-order valence-electron chi connectivity index (χ3n) is 3.02. The zero-order valence-electron chi connectivity index (χ0n) is 11.3. The highest BCUT2D eigenvalue weighted by Crippen LogP contribution is 2.26. The number of hydrogen-bond acceptors (Lipinski definition) is 3. The minimum atomic E-state index is 0.0407. The Hall–Kier alpha value is -2.00. The van der Waals surface area contributed by atoms with E-state index in [1.807, 2.05) is 43.3 Å². The van der Waals surface area contributed by atoms with Crippen molar-refractivity contribution < 1.29 is 9.84 Å². The Bertz CT molecular complexity index is 540. The van der Waals surface area contributed by atoms with Crippen molar-refractivity contribution in [3.8, 4) is 5.75 Å². The molecule has 100 valence electrons. The molecule has 2 rings (SSSR count). The number of anilines is 1. The molecule has 0 spiro atoms. The van der Waals surface area contributed by atoms with Crippen LogP contribution < -0.4 is 5.32 Å². The molecule has 0 bridgehead atoms. The molecular weight excluding hydrogens is 238 g/mol. The standard InChI is InChI=1S/C16H19NO2/c1-12(15-8-3-4-9-16(15)18)17-14-7-5-6-13(10-14)11-19-2/h3-10,12,17-18H,11H2,1-2H3. The summed E-state index contributed by atoms with van der Waals surface area (Å²) >= 11 is 0. The molecule has 3 nitrogen and oxygen atoms in total. The summed E-state index contributed by atoms with van der Waals surface area (Å²) in [6.45, 7) is 2.62. The molecule has 0 heterocycles. The van der Waals surface area contributed by atoms with Crippen molar-refractivity contribution in [1.82, 2.24) is 0 Å². The van der Waals surface area contributed by atoms with E-state index in [0.29, 0.717) is 12.4 Å². The maximum absolute atomic E-state index is 9.84. The molecule has 0 aliphatic carbocycles. The zero-order chi connectivity index (χ0) is 13.7. The van der Waals surface area contributed by atoms with Gasteiger partial charge in [0.25, 0.3) is 0 Å². The lowest BCUT2D eigenvalue weighted by Gasteiger charge is -2.17. The number of para-hydroxylation sites is 1. The highest BCUT2D eigenvalue weighted by Gasteiger charge is 2.09. The fourth-order valence-electron chi connectivity index (χ4n) is 2.10. The van der Waals surface area contributed by atoms with Crippen molar-refractivity contribution >= 4 is 5.69 Å². The summed E-state index contributed by atoms with van der Waals surface area (Å²) in [4.78, 5) is 0. The lowest BCUT2D eigenvalue weighted by Crippen LogP contribution is -2.07. The van der Waals surface area contributed by atoms with Crippen LogP contribution in [0.15, 0.2) is 48.5 Å². The minimum Gasteiger partial charge on any atom is -0.508 e. The number of hydrogen-bond donors (Lipinski definition) is 2. The number of phenols is 1. The van der Waals surface area contributed by atoms with Gasteiger partial charge in [-0.1, -0.05) is 30.3 Å². The first-order valence-electron chi connectivity index (χ1n) is 6.33. The van der Waals surface area contributed by atoms with Crippen LogP contribution in [0.25, 0.3) is 0 Å². The average Bonchev–Trinajstić information content (AvgIpc) is 2.40. The second-order valence-electron chi connectivity index (χ2n) is 4.56. The zero-order valence-corrected chi connectivity index (χ0v) is 11.3. The summed E-state index contributed by atoms with van der Waals surface area (Å²) in [6, 6.07) is 15.5. The van der Waals surface area contributed by atoms with Crippen molar-refractivity contribution in [2.75, 3.05) is 12.4 Å². The van der Waals surface area contributed by atoms with E-state index in [1.165, 1.54) is 0 Å². The van der Waals surface area contributed by atoms with E-state index in [0.717, 1.165) is 16.8 Å². The van der Waals surface area contributed by atoms with Crippen LogP contribution in [0.4, 0.5) is 5.69 Å². The summed E-state index contributed by atoms with van der Waals surface area (Å²) < 4.78 is 5.12. The number of nitrogens with one attached hydrogen (secondary N) is 1. The first-order chi connectivity index (χ1) is 9.20. The summed E-state index contributed by atoms with van der Waals surface area (Å²) in [7, 11) is 1.69. The van der Waals surface area contributed by atoms with Gasteiger partial charge in [0, 0.05) is 18.4 Å². The third-order valence-corrected chi connectivity index (χ3v) is 3.02. The molecule has 0 radical (unpaired) electrons. The quantitative estimate of drug-likeness (QED) is 0.858. The molecule has 3 heteroatoms. The van der Waals surface area contributed by atoms with Gasteiger partial charge in [-0.3, -0.25) is 0 Å². The van der Waals surface area contributed by atoms with Crippen molar-refractivity contribution in [2.24, 2.45) is 0 Å². The minimum absolute atomic E-state index is 0.0407. The second kappa shape index (κ2) is 6.25. The first kappa shape index (κ1) is 13.4. The van der Waals surface area contributed by atoms with E-state index < -0.39 is 0 Å². The van der Waals surface area contributed by atoms with E-state index in [-0.39, 0.29) is 6.04 Å². The highest BCUT2D eigenvalue weighted by molar-refractivity contribution is 5.49. The number of methoxy groups -OCH3 is 1. The van der Waals surface area contributed by atoms with Gasteiger partial charge in [0.1, 0.15) is 5.75 Å². The number of aromatic hydroxyl groups is 1. The van der Waals surface area contributed by atoms with Crippen LogP contribution >= 0.6 is 0 Å². The van der Waals surface area contributed by atoms with Gasteiger partial charge in [-0.15, -0.1) is 0 Å². The summed E-state index contributed by atoms with van der Waals surface area (Å²) in [5, 5.41) is 13.2. The summed E-state index contributed by atoms with van der Waals surface area (Å²) in [5.41, 5.74) is 3.03. The lowest BCUT2D eigenvalue weighted by atomic mass is 10.1. The van der Waals surface area contributed by atoms with Crippen molar-refractivity contribution in [3.05, 3.63) is 59.7 Å². The van der Waals surface area contributed by atoms with Crippen molar-refractivity contribution in [2.45, 2.75) is 19.6 Å². The predicted octanol–water partition coefficient (Wildman–Crippen LogP) is 3.71. The summed E-state index contributed by atoms with van der Waals surface area (Å²) in [6.07, 6.45) is 0. The molecule has 0 aromatic heterocycles. The van der Waals surface area contributed by atoms with Gasteiger partial charge in [-0.2, -0.15) is 0 Å². The molecule has 2 aromatic rings. The molecule has 0 amide bonds. The highest BCUT2D eigenvalue weighted by atomic mass is 16.5. The smallest absolute Gasteiger partial charge is 0.120 e. The van der Waals surface area contributed by atoms with Gasteiger partial charge in [0.2, 0.25) is 0 Å². The molecule has 0 fully saturated rings. The third kappa shape index (κ3) is 3.48. The van der Waals surface area contributed by atoms with Crippen LogP contribution in [0.2, 0.25) is 0 Å². The average molecular weight is 257 g/mol. The number of phenolic OH excluding ortho intramolecular Hbond substituents is 1. The SMILES string of the molecule is COCc1cccc(NC(C)c2ccccc2O)c1. The maximum Gasteiger partial charge on any atom is 0.120 e. The largest absolute Gasteiger partial charge is 0.508 e. The molecule has 1 atom stereocenters. The van der Waals surface area contributed by atoms with Gasteiger partial charge >= 0.3 is 0 Å². The van der Waals surface area contributed by atoms with E-state index in [4.69, 9.17) is 4.74 Å². The summed E-state index contributed by atoms with van der Waals surface area (Å²) in [5.74, 6) is 0.315. The predicted molar refractivity (Wildman–Crippen MR) is 77.3 cm³/mol. The van der Waals surface area contributed by atoms with Crippen LogP contribution in [0, 0.1) is 0 Å². The molecule has 0 aliphatic rings. The van der Waals surface area contributed by atoms with Crippen LogP contribution in [-0.4, -0.2) is 12.2 Å². The van der Waals surface area contributed by atoms with Gasteiger partial charge < -0.3 is 15.2 Å². The van der Waals surface area contributed by atoms with E-state index >= 15 is 0 Å². The van der Waals surface area contributed by atoms with E-state index in [9.17, 15) is 5.11 Å². The fourth-order valence-corrected chi connectivity index (χ4v) is 2.10. The molecule has 0 saturated heterocycles. The molecule has 0 saturated carbocycles. The lowest BCUT2D eigenvalue weighted by molar-refractivity contribution is 0.185. The topological polar surface area (TPSA) is 41.5 Å². The molecule has 19 heavy (non-hydrogen) atoms. The Morgan fingerprint density at radius 3 is 2.68 bits per heavy atom. The van der Waals surface area contributed by atoms with Gasteiger partial charge in [-0.25, -0.2) is 0 Å². The maximum atomic E-state index is 9.84. The first-order valence-corrected chi connectivity index (χ1v) is 6.33. The van der Waals surface area contributed by atoms with Gasteiger partial charge in [0.15, 0.2) is 0 Å². The number of ether oxygens (including phenoxy) is 1. The number of rotatable bonds is 5. The number of benzene rings is 2. The van der Waals surface area contributed by atoms with Gasteiger partial charge in [0.05, 0.1) is 12.6 Å². The van der Waals surface area contributed by atoms with Crippen LogP contribution in [0.1, 0.15) is 24.1 Å². The van der Waals surface area contributed by atoms with Crippen molar-refractivity contribution in [1.29, 1.82) is 0 Å². The van der Waals surface area contributed by atoms with Crippen LogP contribution in [0.3, 0.4) is 0 Å². The Morgan fingerprint density at radius 2 is 1.95 bits per heavy atom. The Morgan fingerprint density at radius 1 is 1.16 bits per heavy atom. The van der Waals surface area contributed by atoms with Crippen molar-refractivity contribution in [3.63, 3.8) is 0 Å².